The number of rotatable bonds is 9. The van der Waals surface area contributed by atoms with Gasteiger partial charge < -0.3 is 9.47 Å². The summed E-state index contributed by atoms with van der Waals surface area (Å²) >= 11 is 1.08. The molecular weight excluding hydrogens is 554 g/mol. The van der Waals surface area contributed by atoms with Gasteiger partial charge in [-0.3, -0.25) is 14.4 Å². The number of anilines is 1. The molecule has 3 aromatic carbocycles. The quantitative estimate of drug-likeness (QED) is 0.152. The van der Waals surface area contributed by atoms with Gasteiger partial charge in [0.25, 0.3) is 0 Å². The molecule has 1 saturated heterocycles. The topological polar surface area (TPSA) is 127 Å². The Kier molecular flexibility index (Phi) is 8.41. The van der Waals surface area contributed by atoms with E-state index in [-0.39, 0.29) is 17.8 Å². The molecule has 9 nitrogen and oxygen atoms in total. The number of methoxy groups -OCH3 is 1. The lowest BCUT2D eigenvalue weighted by molar-refractivity contribution is -0.121. The highest BCUT2D eigenvalue weighted by atomic mass is 32.2. The molecular formula is C32H23N3O6S. The summed E-state index contributed by atoms with van der Waals surface area (Å²) in [5.74, 6) is -1.34. The fourth-order valence-electron chi connectivity index (χ4n) is 4.31. The molecule has 0 saturated carbocycles. The maximum Gasteiger partial charge on any atom is 0.338 e. The van der Waals surface area contributed by atoms with Gasteiger partial charge in [0.1, 0.15) is 16.8 Å². The molecule has 0 spiro atoms. The zero-order valence-electron chi connectivity index (χ0n) is 22.4. The molecule has 2 amide bonds. The Morgan fingerprint density at radius 1 is 0.952 bits per heavy atom. The Hall–Kier alpha value is -5.27. The highest BCUT2D eigenvalue weighted by Gasteiger charge is 2.40. The van der Waals surface area contributed by atoms with Crippen molar-refractivity contribution in [3.05, 3.63) is 108 Å². The van der Waals surface area contributed by atoms with Gasteiger partial charge in [0.15, 0.2) is 12.4 Å². The maximum atomic E-state index is 13.3. The Balaban J connectivity index is 1.24. The highest BCUT2D eigenvalue weighted by molar-refractivity contribution is 8.00. The number of carbonyl (C=O) groups excluding carboxylic acids is 4. The van der Waals surface area contributed by atoms with Gasteiger partial charge >= 0.3 is 5.97 Å². The summed E-state index contributed by atoms with van der Waals surface area (Å²) in [4.78, 5) is 56.7. The largest absolute Gasteiger partial charge is 0.497 e. The second-order valence-corrected chi connectivity index (χ2v) is 10.4. The number of carbonyl (C=O) groups is 4. The first-order valence-electron chi connectivity index (χ1n) is 12.8. The summed E-state index contributed by atoms with van der Waals surface area (Å²) in [7, 11) is 1.52. The number of nitrogens with zero attached hydrogens (tertiary/aromatic N) is 3. The molecule has 10 heteroatoms. The summed E-state index contributed by atoms with van der Waals surface area (Å²) in [6.07, 6.45) is -0.0666. The number of thioether (sulfide) groups is 1. The average molecular weight is 578 g/mol. The van der Waals surface area contributed by atoms with E-state index >= 15 is 0 Å². The fourth-order valence-corrected chi connectivity index (χ4v) is 5.40. The van der Waals surface area contributed by atoms with Crippen molar-refractivity contribution >= 4 is 41.0 Å². The van der Waals surface area contributed by atoms with Crippen LogP contribution in [0.1, 0.15) is 32.7 Å². The maximum absolute atomic E-state index is 13.3. The molecule has 1 atom stereocenters. The van der Waals surface area contributed by atoms with Crippen LogP contribution in [0.5, 0.6) is 5.75 Å². The van der Waals surface area contributed by atoms with E-state index in [0.717, 1.165) is 22.2 Å². The number of hydrogen-bond acceptors (Lipinski definition) is 9. The van der Waals surface area contributed by atoms with E-state index in [1.807, 2.05) is 30.3 Å². The minimum absolute atomic E-state index is 0.0666. The van der Waals surface area contributed by atoms with Crippen molar-refractivity contribution in [2.24, 2.45) is 0 Å². The second-order valence-electron chi connectivity index (χ2n) is 9.18. The van der Waals surface area contributed by atoms with Crippen LogP contribution >= 0.6 is 11.8 Å². The van der Waals surface area contributed by atoms with Crippen LogP contribution in [0.3, 0.4) is 0 Å². The summed E-state index contributed by atoms with van der Waals surface area (Å²) in [5.41, 5.74) is 2.66. The number of aromatic nitrogens is 1. The lowest BCUT2D eigenvalue weighted by Gasteiger charge is -2.15. The third-order valence-electron chi connectivity index (χ3n) is 6.52. The zero-order chi connectivity index (χ0) is 29.6. The Labute approximate surface area is 245 Å². The third kappa shape index (κ3) is 6.06. The van der Waals surface area contributed by atoms with Crippen LogP contribution in [-0.4, -0.2) is 47.5 Å². The highest BCUT2D eigenvalue weighted by Crippen LogP contribution is 2.35. The zero-order valence-corrected chi connectivity index (χ0v) is 23.2. The summed E-state index contributed by atoms with van der Waals surface area (Å²) in [5, 5.41) is 9.19. The van der Waals surface area contributed by atoms with Gasteiger partial charge in [-0.15, -0.1) is 0 Å². The number of nitriles is 1. The van der Waals surface area contributed by atoms with Crippen LogP contribution in [0.15, 0.2) is 96.0 Å². The van der Waals surface area contributed by atoms with E-state index in [2.05, 4.69) is 11.1 Å². The van der Waals surface area contributed by atoms with Gasteiger partial charge in [-0.1, -0.05) is 42.1 Å². The van der Waals surface area contributed by atoms with Gasteiger partial charge in [0, 0.05) is 17.5 Å². The number of Topliss-reactive ketones (excluding diaryl/α,β-unsaturated/α-hetero) is 1. The molecule has 0 aliphatic carbocycles. The smallest absolute Gasteiger partial charge is 0.338 e. The molecule has 1 unspecified atom stereocenters. The predicted octanol–water partition coefficient (Wildman–Crippen LogP) is 5.09. The Bertz CT molecular complexity index is 1700. The lowest BCUT2D eigenvalue weighted by atomic mass is 10.1. The van der Waals surface area contributed by atoms with E-state index in [4.69, 9.17) is 9.47 Å². The number of esters is 1. The lowest BCUT2D eigenvalue weighted by Crippen LogP contribution is -2.31. The fraction of sp³-hybridized carbons (Fsp3) is 0.125. The number of imide groups is 1. The number of ether oxygens (including phenoxy) is 2. The van der Waals surface area contributed by atoms with Crippen molar-refractivity contribution in [1.29, 1.82) is 5.26 Å². The predicted molar refractivity (Wildman–Crippen MR) is 155 cm³/mol. The van der Waals surface area contributed by atoms with E-state index in [0.29, 0.717) is 33.3 Å². The van der Waals surface area contributed by atoms with Crippen molar-refractivity contribution in [1.82, 2.24) is 4.98 Å². The Morgan fingerprint density at radius 3 is 2.31 bits per heavy atom. The van der Waals surface area contributed by atoms with Crippen LogP contribution in [0.25, 0.3) is 11.3 Å². The van der Waals surface area contributed by atoms with Crippen molar-refractivity contribution < 1.29 is 28.7 Å². The summed E-state index contributed by atoms with van der Waals surface area (Å²) < 4.78 is 10.2. The van der Waals surface area contributed by atoms with Gasteiger partial charge in [-0.05, 0) is 60.7 Å². The van der Waals surface area contributed by atoms with Gasteiger partial charge in [0.05, 0.1) is 34.9 Å². The SMILES string of the molecule is COc1ccc(C(=O)COC(=O)c2ccc(N3C(=O)CC(Sc4nc(-c5ccccc5)ccc4C#N)C3=O)cc2)cc1. The van der Waals surface area contributed by atoms with Gasteiger partial charge in [-0.25, -0.2) is 14.7 Å². The molecule has 1 fully saturated rings. The molecule has 1 aliphatic heterocycles. The molecule has 1 aromatic heterocycles. The van der Waals surface area contributed by atoms with Gasteiger partial charge in [0.2, 0.25) is 11.8 Å². The van der Waals surface area contributed by atoms with Crippen LogP contribution in [0.2, 0.25) is 0 Å². The number of benzene rings is 3. The minimum Gasteiger partial charge on any atom is -0.497 e. The molecule has 0 radical (unpaired) electrons. The van der Waals surface area contributed by atoms with E-state index in [1.54, 1.807) is 36.4 Å². The summed E-state index contributed by atoms with van der Waals surface area (Å²) in [6.45, 7) is -0.445. The van der Waals surface area contributed by atoms with Crippen molar-refractivity contribution in [3.8, 4) is 23.1 Å². The number of hydrogen-bond donors (Lipinski definition) is 0. The summed E-state index contributed by atoms with van der Waals surface area (Å²) in [6, 6.07) is 27.2. The molecule has 2 heterocycles. The van der Waals surface area contributed by atoms with E-state index in [9.17, 15) is 24.4 Å². The minimum atomic E-state index is -0.767. The Morgan fingerprint density at radius 2 is 1.64 bits per heavy atom. The van der Waals surface area contributed by atoms with Crippen LogP contribution in [0, 0.1) is 11.3 Å². The molecule has 5 rings (SSSR count). The first-order valence-corrected chi connectivity index (χ1v) is 13.7. The third-order valence-corrected chi connectivity index (χ3v) is 7.70. The van der Waals surface area contributed by atoms with Crippen LogP contribution < -0.4 is 9.64 Å². The molecule has 42 heavy (non-hydrogen) atoms. The van der Waals surface area contributed by atoms with Crippen molar-refractivity contribution in [3.63, 3.8) is 0 Å². The molecule has 208 valence electrons. The van der Waals surface area contributed by atoms with Crippen molar-refractivity contribution in [2.45, 2.75) is 16.7 Å². The number of ketones is 1. The number of pyridine rings is 1. The average Bonchev–Trinajstić information content (AvgIpc) is 3.31. The van der Waals surface area contributed by atoms with Crippen LogP contribution in [0.4, 0.5) is 5.69 Å². The molecule has 1 aliphatic rings. The first-order chi connectivity index (χ1) is 20.4. The van der Waals surface area contributed by atoms with E-state index < -0.39 is 29.6 Å². The number of amides is 2. The van der Waals surface area contributed by atoms with E-state index in [1.165, 1.54) is 31.4 Å². The second kappa shape index (κ2) is 12.5. The van der Waals surface area contributed by atoms with Crippen molar-refractivity contribution in [2.75, 3.05) is 18.6 Å². The molecule has 0 N–H and O–H groups in total. The standard InChI is InChI=1S/C32H23N3O6S/c1-40-25-14-9-21(10-15-25)27(36)19-41-32(39)22-7-12-24(13-8-22)35-29(37)17-28(31(35)38)42-30-23(18-33)11-16-26(34-30)20-5-3-2-4-6-20/h2-16,28H,17,19H2,1H3. The normalized spacial score (nSPS) is 14.4. The van der Waals surface area contributed by atoms with Gasteiger partial charge in [-0.2, -0.15) is 5.26 Å². The molecule has 0 bridgehead atoms. The van der Waals surface area contributed by atoms with Crippen LogP contribution in [-0.2, 0) is 14.3 Å². The molecule has 4 aromatic rings. The first kappa shape index (κ1) is 28.3. The monoisotopic (exact) mass is 577 g/mol.